The number of carbonyl (C=O) groups excluding carboxylic acids is 1. The van der Waals surface area contributed by atoms with Crippen molar-refractivity contribution < 1.29 is 19.0 Å². The lowest BCUT2D eigenvalue weighted by Crippen LogP contribution is -2.00. The van der Waals surface area contributed by atoms with E-state index in [1.807, 2.05) is 36.4 Å². The van der Waals surface area contributed by atoms with Gasteiger partial charge in [-0.1, -0.05) is 60.7 Å². The maximum Gasteiger partial charge on any atom is 0.293 e. The van der Waals surface area contributed by atoms with Gasteiger partial charge < -0.3 is 14.2 Å². The second-order valence-corrected chi connectivity index (χ2v) is 7.92. The van der Waals surface area contributed by atoms with Crippen molar-refractivity contribution in [3.8, 4) is 11.5 Å². The number of methoxy groups -OCH3 is 1. The number of carbonyl (C=O) groups is 1. The van der Waals surface area contributed by atoms with Gasteiger partial charge in [0.15, 0.2) is 11.5 Å². The molecule has 4 heteroatoms. The first-order valence-electron chi connectivity index (χ1n) is 10.8. The number of rotatable bonds is 11. The van der Waals surface area contributed by atoms with Crippen molar-refractivity contribution >= 4 is 6.47 Å². The summed E-state index contributed by atoms with van der Waals surface area (Å²) in [5.74, 6) is 1.87. The Labute approximate surface area is 183 Å². The molecule has 2 atom stereocenters. The van der Waals surface area contributed by atoms with E-state index in [0.717, 1.165) is 42.7 Å². The van der Waals surface area contributed by atoms with Crippen molar-refractivity contribution in [2.24, 2.45) is 0 Å². The molecule has 1 saturated carbocycles. The molecule has 31 heavy (non-hydrogen) atoms. The van der Waals surface area contributed by atoms with Crippen LogP contribution in [0.15, 0.2) is 72.8 Å². The first-order valence-corrected chi connectivity index (χ1v) is 10.8. The third-order valence-electron chi connectivity index (χ3n) is 5.79. The molecular weight excluding hydrogens is 388 g/mol. The van der Waals surface area contributed by atoms with Gasteiger partial charge >= 0.3 is 0 Å². The maximum absolute atomic E-state index is 10.6. The summed E-state index contributed by atoms with van der Waals surface area (Å²) in [6, 6.07) is 24.8. The molecule has 4 nitrogen and oxygen atoms in total. The minimum Gasteiger partial charge on any atom is -0.493 e. The number of hydrogen-bond donors (Lipinski definition) is 0. The average Bonchev–Trinajstić information content (AvgIpc) is 3.58. The van der Waals surface area contributed by atoms with E-state index < -0.39 is 0 Å². The molecule has 0 aromatic heterocycles. The highest BCUT2D eigenvalue weighted by molar-refractivity contribution is 5.44. The highest BCUT2D eigenvalue weighted by atomic mass is 16.5. The quantitative estimate of drug-likeness (QED) is 0.388. The molecule has 4 rings (SSSR count). The summed E-state index contributed by atoms with van der Waals surface area (Å²) < 4.78 is 16.7. The maximum atomic E-state index is 10.6. The molecular formula is C27H28O4. The Morgan fingerprint density at radius 3 is 2.52 bits per heavy atom. The molecule has 3 aromatic rings. The summed E-state index contributed by atoms with van der Waals surface area (Å²) in [4.78, 5) is 10.6. The first kappa shape index (κ1) is 21.0. The zero-order valence-corrected chi connectivity index (χ0v) is 17.8. The molecule has 0 bridgehead atoms. The van der Waals surface area contributed by atoms with Crippen molar-refractivity contribution in [3.05, 3.63) is 95.1 Å². The molecule has 0 spiro atoms. The van der Waals surface area contributed by atoms with Crippen LogP contribution in [0.2, 0.25) is 0 Å². The largest absolute Gasteiger partial charge is 0.493 e. The van der Waals surface area contributed by atoms with Crippen LogP contribution in [-0.4, -0.2) is 19.7 Å². The second-order valence-electron chi connectivity index (χ2n) is 7.92. The van der Waals surface area contributed by atoms with E-state index in [1.54, 1.807) is 7.11 Å². The van der Waals surface area contributed by atoms with Gasteiger partial charge in [0.2, 0.25) is 0 Å². The van der Waals surface area contributed by atoms with Crippen LogP contribution in [0, 0.1) is 0 Å². The Morgan fingerprint density at radius 2 is 1.71 bits per heavy atom. The van der Waals surface area contributed by atoms with Gasteiger partial charge in [0.1, 0.15) is 12.7 Å². The second kappa shape index (κ2) is 10.2. The summed E-state index contributed by atoms with van der Waals surface area (Å²) in [5, 5.41) is 0. The Bertz CT molecular complexity index is 999. The molecule has 0 N–H and O–H groups in total. The van der Waals surface area contributed by atoms with E-state index in [9.17, 15) is 4.79 Å². The third-order valence-corrected chi connectivity index (χ3v) is 5.79. The molecule has 160 valence electrons. The molecule has 1 aliphatic carbocycles. The standard InChI is InChI=1S/C27H28O4/c1-29-27-16-20(14-15-25(27)30-18-21-8-3-2-4-9-21)10-7-12-22-11-5-6-13-23(22)24-17-26(24)31-19-28/h2-6,8-9,11,13-16,19,24,26H,7,10,12,17-18H2,1H3. The van der Waals surface area contributed by atoms with E-state index in [2.05, 4.69) is 36.4 Å². The molecule has 0 radical (unpaired) electrons. The minimum atomic E-state index is 0.0475. The fraction of sp³-hybridized carbons (Fsp3) is 0.296. The summed E-state index contributed by atoms with van der Waals surface area (Å²) in [7, 11) is 1.68. The topological polar surface area (TPSA) is 44.8 Å². The van der Waals surface area contributed by atoms with Crippen LogP contribution >= 0.6 is 0 Å². The van der Waals surface area contributed by atoms with Crippen LogP contribution in [-0.2, 0) is 29.0 Å². The van der Waals surface area contributed by atoms with Gasteiger partial charge in [0, 0.05) is 5.92 Å². The van der Waals surface area contributed by atoms with Gasteiger partial charge in [0.05, 0.1) is 7.11 Å². The Kier molecular flexibility index (Phi) is 6.88. The predicted molar refractivity (Wildman–Crippen MR) is 121 cm³/mol. The summed E-state index contributed by atoms with van der Waals surface area (Å²) in [5.41, 5.74) is 5.02. The first-order chi connectivity index (χ1) is 15.3. The van der Waals surface area contributed by atoms with Crippen molar-refractivity contribution in [1.29, 1.82) is 0 Å². The van der Waals surface area contributed by atoms with Gasteiger partial charge in [-0.2, -0.15) is 0 Å². The Balaban J connectivity index is 1.34. The highest BCUT2D eigenvalue weighted by Gasteiger charge is 2.41. The van der Waals surface area contributed by atoms with Crippen molar-refractivity contribution in [2.45, 2.75) is 44.3 Å². The summed E-state index contributed by atoms with van der Waals surface area (Å²) in [6.45, 7) is 1.08. The van der Waals surface area contributed by atoms with Gasteiger partial charge in [-0.25, -0.2) is 0 Å². The number of ether oxygens (including phenoxy) is 3. The molecule has 1 aliphatic rings. The van der Waals surface area contributed by atoms with E-state index >= 15 is 0 Å². The van der Waals surface area contributed by atoms with Crippen molar-refractivity contribution in [3.63, 3.8) is 0 Å². The Hall–Kier alpha value is -3.27. The normalized spacial score (nSPS) is 17.1. The van der Waals surface area contributed by atoms with Crippen LogP contribution in [0.4, 0.5) is 0 Å². The zero-order valence-electron chi connectivity index (χ0n) is 17.8. The van der Waals surface area contributed by atoms with Crippen LogP contribution in [0.5, 0.6) is 11.5 Å². The molecule has 0 amide bonds. The predicted octanol–water partition coefficient (Wildman–Crippen LogP) is 5.48. The molecule has 2 unspecified atom stereocenters. The molecule has 0 aliphatic heterocycles. The van der Waals surface area contributed by atoms with Crippen molar-refractivity contribution in [2.75, 3.05) is 7.11 Å². The molecule has 0 saturated heterocycles. The number of benzene rings is 3. The van der Waals surface area contributed by atoms with Gasteiger partial charge in [-0.05, 0) is 60.1 Å². The minimum absolute atomic E-state index is 0.0475. The van der Waals surface area contributed by atoms with Gasteiger partial charge in [-0.3, -0.25) is 4.79 Å². The van der Waals surface area contributed by atoms with E-state index in [1.165, 1.54) is 16.7 Å². The van der Waals surface area contributed by atoms with Gasteiger partial charge in [-0.15, -0.1) is 0 Å². The zero-order chi connectivity index (χ0) is 21.5. The fourth-order valence-electron chi connectivity index (χ4n) is 4.05. The van der Waals surface area contributed by atoms with Gasteiger partial charge in [0.25, 0.3) is 6.47 Å². The van der Waals surface area contributed by atoms with E-state index in [-0.39, 0.29) is 6.10 Å². The van der Waals surface area contributed by atoms with Crippen LogP contribution in [0.3, 0.4) is 0 Å². The lowest BCUT2D eigenvalue weighted by molar-refractivity contribution is -0.129. The van der Waals surface area contributed by atoms with Crippen LogP contribution < -0.4 is 9.47 Å². The number of hydrogen-bond acceptors (Lipinski definition) is 4. The van der Waals surface area contributed by atoms with Crippen LogP contribution in [0.1, 0.15) is 41.0 Å². The number of aryl methyl sites for hydroxylation is 2. The van der Waals surface area contributed by atoms with Crippen molar-refractivity contribution in [1.82, 2.24) is 0 Å². The third kappa shape index (κ3) is 5.46. The molecule has 0 heterocycles. The SMILES string of the molecule is COc1cc(CCCc2ccccc2C2CC2OC=O)ccc1OCc1ccccc1. The smallest absolute Gasteiger partial charge is 0.293 e. The van der Waals surface area contributed by atoms with E-state index in [4.69, 9.17) is 14.2 Å². The van der Waals surface area contributed by atoms with Crippen LogP contribution in [0.25, 0.3) is 0 Å². The average molecular weight is 417 g/mol. The Morgan fingerprint density at radius 1 is 0.903 bits per heavy atom. The fourth-order valence-corrected chi connectivity index (χ4v) is 4.05. The molecule has 1 fully saturated rings. The van der Waals surface area contributed by atoms with E-state index in [0.29, 0.717) is 19.0 Å². The lowest BCUT2D eigenvalue weighted by Gasteiger charge is -2.13. The molecule has 3 aromatic carbocycles. The summed E-state index contributed by atoms with van der Waals surface area (Å²) >= 11 is 0. The monoisotopic (exact) mass is 416 g/mol. The highest BCUT2D eigenvalue weighted by Crippen LogP contribution is 2.44. The lowest BCUT2D eigenvalue weighted by atomic mass is 9.97. The summed E-state index contributed by atoms with van der Waals surface area (Å²) in [6.07, 6.45) is 3.97.